The van der Waals surface area contributed by atoms with Crippen molar-refractivity contribution < 1.29 is 90.1 Å². The highest BCUT2D eigenvalue weighted by Crippen LogP contribution is 2.53. The topological polar surface area (TPSA) is 370 Å². The molecule has 686 valence electrons. The number of aromatic amines is 3. The van der Waals surface area contributed by atoms with Crippen LogP contribution in [-0.2, 0) is 75.2 Å². The maximum Gasteiger partial charge on any atom is 0.523 e. The lowest BCUT2D eigenvalue weighted by molar-refractivity contribution is -0.255. The summed E-state index contributed by atoms with van der Waals surface area (Å²) in [4.78, 5) is 92.4. The molecule has 9 aromatic rings. The molecule has 4 N–H and O–H groups in total. The van der Waals surface area contributed by atoms with Crippen LogP contribution in [0.25, 0.3) is 0 Å². The Morgan fingerprint density at radius 2 is 0.748 bits per heavy atom. The Hall–Kier alpha value is -8.90. The molecule has 5 saturated heterocycles. The van der Waals surface area contributed by atoms with Crippen LogP contribution in [0.3, 0.4) is 0 Å². The molecule has 0 spiro atoms. The summed E-state index contributed by atoms with van der Waals surface area (Å²) < 4.78 is 154. The molecule has 127 heavy (non-hydrogen) atoms. The molecule has 0 amide bonds. The predicted molar refractivity (Wildman–Crippen MR) is 475 cm³/mol. The molecule has 31 nitrogen and oxygen atoms in total. The summed E-state index contributed by atoms with van der Waals surface area (Å²) in [5.74, 6) is -1.46. The summed E-state index contributed by atoms with van der Waals surface area (Å²) in [6.07, 6.45) is -2.07. The summed E-state index contributed by atoms with van der Waals surface area (Å²) in [6, 6.07) is 62.3. The van der Waals surface area contributed by atoms with Crippen molar-refractivity contribution in [2.45, 2.75) is 157 Å². The first-order chi connectivity index (χ1) is 59.9. The Bertz CT molecular complexity index is 5510. The lowest BCUT2D eigenvalue weighted by atomic mass is 9.88. The van der Waals surface area contributed by atoms with Crippen molar-refractivity contribution in [1.82, 2.24) is 38.8 Å². The number of hydrogen-bond acceptors (Lipinski definition) is 25. The molecule has 5 aliphatic heterocycles. The molecule has 0 saturated carbocycles. The van der Waals surface area contributed by atoms with Crippen molar-refractivity contribution in [2.75, 3.05) is 86.4 Å². The number of fused-ring (bicyclic) bond motifs is 4. The molecule has 0 radical (unpaired) electrons. The van der Waals surface area contributed by atoms with Gasteiger partial charge in [0.15, 0.2) is 18.7 Å². The van der Waals surface area contributed by atoms with Gasteiger partial charge in [-0.3, -0.25) is 61.1 Å². The molecular formula is C88H111F3N8O23S2Si3. The summed E-state index contributed by atoms with van der Waals surface area (Å²) in [5.41, 5.74) is -13.9. The number of ether oxygens (including phenoxy) is 5. The third kappa shape index (κ3) is 19.8. The first-order valence-corrected chi connectivity index (χ1v) is 50.4. The number of aromatic nitrogens is 6. The van der Waals surface area contributed by atoms with E-state index in [2.05, 4.69) is 131 Å². The van der Waals surface area contributed by atoms with Gasteiger partial charge in [-0.1, -0.05) is 258 Å². The van der Waals surface area contributed by atoms with Gasteiger partial charge in [-0.2, -0.15) is 40.1 Å². The third-order valence-electron chi connectivity index (χ3n) is 24.3. The van der Waals surface area contributed by atoms with Gasteiger partial charge in [0.25, 0.3) is 51.7 Å². The zero-order chi connectivity index (χ0) is 92.1. The Morgan fingerprint density at radius 1 is 0.433 bits per heavy atom. The van der Waals surface area contributed by atoms with Gasteiger partial charge in [0, 0.05) is 62.8 Å². The molecular weight excluding hydrogens is 1740 g/mol. The number of rotatable bonds is 31. The third-order valence-corrected chi connectivity index (χ3v) is 40.9. The molecule has 39 heteroatoms. The van der Waals surface area contributed by atoms with E-state index in [0.717, 1.165) is 39.3 Å². The molecule has 14 rings (SSSR count). The second-order valence-electron chi connectivity index (χ2n) is 35.4. The number of morpholine rings is 2. The van der Waals surface area contributed by atoms with Crippen LogP contribution in [-0.4, -0.2) is 219 Å². The van der Waals surface area contributed by atoms with E-state index in [4.69, 9.17) is 55.0 Å². The number of nitrogens with one attached hydrogen (secondary N) is 3. The lowest BCUT2D eigenvalue weighted by Gasteiger charge is -2.45. The minimum Gasteiger partial charge on any atom is -0.404 e. The number of alkyl halides is 3. The molecule has 3 aromatic heterocycles. The monoisotopic (exact) mass is 1850 g/mol. The Balaban J connectivity index is 0.000000174. The highest BCUT2D eigenvalue weighted by atomic mass is 32.2. The smallest absolute Gasteiger partial charge is 0.404 e. The number of benzene rings is 6. The number of nitrogens with zero attached hydrogens (tertiary/aromatic N) is 5. The molecule has 5 aliphatic rings. The van der Waals surface area contributed by atoms with Gasteiger partial charge in [0.05, 0.1) is 78.2 Å². The first kappa shape index (κ1) is 97.2. The van der Waals surface area contributed by atoms with Crippen molar-refractivity contribution in [2.24, 2.45) is 11.8 Å². The number of hydrogen-bond donors (Lipinski definition) is 4. The van der Waals surface area contributed by atoms with E-state index in [1.807, 2.05) is 140 Å². The number of aliphatic hydroxyl groups excluding tert-OH is 1. The van der Waals surface area contributed by atoms with Crippen LogP contribution >= 0.6 is 0 Å². The molecule has 12 atom stereocenters. The van der Waals surface area contributed by atoms with Crippen LogP contribution in [0.4, 0.5) is 13.2 Å². The van der Waals surface area contributed by atoms with E-state index in [0.29, 0.717) is 37.5 Å². The zero-order valence-corrected chi connectivity index (χ0v) is 77.8. The van der Waals surface area contributed by atoms with Gasteiger partial charge < -0.3 is 42.1 Å². The highest BCUT2D eigenvalue weighted by molar-refractivity contribution is 7.87. The Morgan fingerprint density at radius 3 is 1.08 bits per heavy atom. The minimum absolute atomic E-state index is 0.0305. The van der Waals surface area contributed by atoms with Gasteiger partial charge >= 0.3 is 32.7 Å². The van der Waals surface area contributed by atoms with E-state index in [-0.39, 0.29) is 41.8 Å². The number of methoxy groups -OCH3 is 2. The molecule has 0 unspecified atom stereocenters. The Labute approximate surface area is 737 Å². The summed E-state index contributed by atoms with van der Waals surface area (Å²) in [7, 11) is -16.5. The average molecular weight is 1850 g/mol. The summed E-state index contributed by atoms with van der Waals surface area (Å²) in [5, 5.41) is 20.3. The van der Waals surface area contributed by atoms with Crippen molar-refractivity contribution in [3.05, 3.63) is 281 Å². The van der Waals surface area contributed by atoms with Crippen LogP contribution in [0.5, 0.6) is 0 Å². The van der Waals surface area contributed by atoms with Crippen LogP contribution in [0, 0.1) is 11.8 Å². The van der Waals surface area contributed by atoms with Crippen LogP contribution in [0.1, 0.15) is 94.8 Å². The standard InChI is InChI=1S/C30H39N3O6Si.C29H35F3N2O10S2Si.C29H37N3O7Si/c1-22-26-27(32-17-16-25(34)31-28(32)35)39-30(22,20-33(26)37-19-18-36-5)21-38-40(29(2,3)4,23-12-8-6-9-13-23)24-14-10-7-11-15-24;1-20-24(44-46(39,40)29(30,31)32)25(34-17-16-23(35)33-26(34)36)43-28(20,18-41-45(5,37)38)19-42-47(27(2,3)4,21-12-8-6-9-13-21)22-14-10-7-11-15-22;1-28(2,3)40(21-11-7-5-8-12-21,22-13-9-6-10-14-22)38-20-29-19-32(37-18-17-36-4)24(25(29)34)26(39-29)31-16-15-23(33)30-27(31)35/h6-17,22,26-27H,18-21H2,1-5H3,(H,31,34,35);6-17,20,24-25H,18-19H2,1-5H3,(H,33,35,36);5-16,24-26,34H,17-20H2,1-4H3,(H,30,33,35)/t22-,26+,27+,30+;20-,24-,25+,28+;24-,25+,26-,29-/m001/s1. The highest BCUT2D eigenvalue weighted by Gasteiger charge is 2.68. The second-order valence-corrected chi connectivity index (χ2v) is 51.5. The van der Waals surface area contributed by atoms with Gasteiger partial charge in [-0.25, -0.2) is 14.4 Å². The fraction of sp³-hybridized carbons (Fsp3) is 0.455. The molecule has 4 bridgehead atoms. The second kappa shape index (κ2) is 38.6. The first-order valence-electron chi connectivity index (χ1n) is 41.4. The number of aliphatic hydroxyl groups is 1. The van der Waals surface area contributed by atoms with Crippen molar-refractivity contribution in [3.8, 4) is 0 Å². The predicted octanol–water partition coefficient (Wildman–Crippen LogP) is 5.51. The minimum atomic E-state index is -6.28. The van der Waals surface area contributed by atoms with E-state index in [1.54, 1.807) is 19.3 Å². The van der Waals surface area contributed by atoms with Gasteiger partial charge in [-0.15, -0.1) is 0 Å². The van der Waals surface area contributed by atoms with Crippen LogP contribution in [0.15, 0.2) is 248 Å². The fourth-order valence-electron chi connectivity index (χ4n) is 18.1. The summed E-state index contributed by atoms with van der Waals surface area (Å²) in [6.45, 7) is 23.6. The Kier molecular flexibility index (Phi) is 29.6. The normalized spacial score (nSPS) is 24.2. The van der Waals surface area contributed by atoms with E-state index in [1.165, 1.54) is 51.0 Å². The molecule has 0 aliphatic carbocycles. The number of halogens is 3. The molecule has 8 heterocycles. The van der Waals surface area contributed by atoms with Gasteiger partial charge in [0.1, 0.15) is 35.1 Å². The van der Waals surface area contributed by atoms with Crippen LogP contribution < -0.4 is 64.9 Å². The van der Waals surface area contributed by atoms with Gasteiger partial charge in [0.2, 0.25) is 0 Å². The largest absolute Gasteiger partial charge is 0.523 e. The number of H-pyrrole nitrogens is 3. The van der Waals surface area contributed by atoms with E-state index < -0.39 is 162 Å². The van der Waals surface area contributed by atoms with E-state index >= 15 is 0 Å². The van der Waals surface area contributed by atoms with Gasteiger partial charge in [-0.05, 0) is 46.2 Å². The SMILES string of the molecule is COCCON1C[C@]2(CO[Si](c3ccccc3)(c3ccccc3)C(C)(C)C)O[C@@H](n3ccc(=O)[nH]c3=O)[C@H]1[C@@H]2C.COCCON1C[C@]2(CO[Si](c3ccccc3)(c3ccccc3)C(C)(C)C)O[C@@H](n3ccc(=O)[nH]c3=O)[C@H]1[C@@H]2O.C[C@H]1[C@H](OS(=O)(=O)C(F)(F)F)[C@H](n2ccc(=O)[nH]c2=O)O[C@@]1(CO[Si](c1ccccc1)(c1ccccc1)C(C)(C)C)COS(C)(=O)=O. The zero-order valence-electron chi connectivity index (χ0n) is 73.2. The van der Waals surface area contributed by atoms with Crippen LogP contribution in [0.2, 0.25) is 15.1 Å². The fourth-order valence-corrected chi connectivity index (χ4v) is 33.0. The quantitative estimate of drug-likeness (QED) is 0.0180. The van der Waals surface area contributed by atoms with Crippen molar-refractivity contribution in [3.63, 3.8) is 0 Å². The maximum absolute atomic E-state index is 13.6. The van der Waals surface area contributed by atoms with Crippen molar-refractivity contribution in [1.29, 1.82) is 0 Å². The maximum atomic E-state index is 13.6. The summed E-state index contributed by atoms with van der Waals surface area (Å²) >= 11 is 0. The molecule has 6 aromatic carbocycles. The molecule has 5 fully saturated rings. The van der Waals surface area contributed by atoms with E-state index in [9.17, 15) is 63.9 Å². The lowest BCUT2D eigenvalue weighted by Crippen LogP contribution is -2.68. The average Bonchev–Trinajstić information content (AvgIpc) is 1.58. The van der Waals surface area contributed by atoms with Crippen molar-refractivity contribution >= 4 is 76.3 Å². The number of hydroxylamine groups is 4.